The second-order valence-electron chi connectivity index (χ2n) is 5.83. The molecule has 2 N–H and O–H groups in total. The van der Waals surface area contributed by atoms with E-state index in [2.05, 4.69) is 60.0 Å². The lowest BCUT2D eigenvalue weighted by Crippen LogP contribution is -2.32. The summed E-state index contributed by atoms with van der Waals surface area (Å²) in [5.41, 5.74) is 1.42. The van der Waals surface area contributed by atoms with Crippen LogP contribution in [0.3, 0.4) is 0 Å². The Morgan fingerprint density at radius 2 is 1.90 bits per heavy atom. The van der Waals surface area contributed by atoms with Gasteiger partial charge in [0.2, 0.25) is 0 Å². The van der Waals surface area contributed by atoms with Crippen molar-refractivity contribution in [2.24, 2.45) is 0 Å². The minimum atomic E-state index is 0.407. The van der Waals surface area contributed by atoms with Crippen molar-refractivity contribution >= 4 is 10.8 Å². The fourth-order valence-electron chi connectivity index (χ4n) is 3.26. The highest BCUT2D eigenvalue weighted by molar-refractivity contribution is 5.86. The molecule has 0 aliphatic carbocycles. The largest absolute Gasteiger partial charge is 0.317 e. The van der Waals surface area contributed by atoms with Crippen molar-refractivity contribution in [3.8, 4) is 0 Å². The van der Waals surface area contributed by atoms with E-state index in [0.717, 1.165) is 6.54 Å². The van der Waals surface area contributed by atoms with Crippen LogP contribution in [0, 0.1) is 0 Å². The molecule has 20 heavy (non-hydrogen) atoms. The number of nitrogens with one attached hydrogen (secondary N) is 2. The Kier molecular flexibility index (Phi) is 4.34. The number of benzene rings is 2. The predicted molar refractivity (Wildman–Crippen MR) is 86.0 cm³/mol. The molecule has 2 aromatic carbocycles. The highest BCUT2D eigenvalue weighted by atomic mass is 15.0. The van der Waals surface area contributed by atoms with Gasteiger partial charge in [0.1, 0.15) is 0 Å². The van der Waals surface area contributed by atoms with E-state index in [1.165, 1.54) is 42.1 Å². The molecule has 2 aromatic rings. The summed E-state index contributed by atoms with van der Waals surface area (Å²) >= 11 is 0. The van der Waals surface area contributed by atoms with Gasteiger partial charge in [-0.1, -0.05) is 42.5 Å². The molecule has 1 heterocycles. The molecule has 3 rings (SSSR count). The fraction of sp³-hybridized carbons (Fsp3) is 0.444. The third-order valence-corrected chi connectivity index (χ3v) is 4.35. The van der Waals surface area contributed by atoms with Crippen LogP contribution in [0.1, 0.15) is 37.8 Å². The van der Waals surface area contributed by atoms with Crippen LogP contribution in [-0.4, -0.2) is 19.1 Å². The number of fused-ring (bicyclic) bond motifs is 1. The van der Waals surface area contributed by atoms with Crippen molar-refractivity contribution in [3.05, 3.63) is 48.0 Å². The lowest BCUT2D eigenvalue weighted by molar-refractivity contribution is 0.422. The van der Waals surface area contributed by atoms with Gasteiger partial charge in [0.05, 0.1) is 0 Å². The van der Waals surface area contributed by atoms with Crippen LogP contribution in [0.15, 0.2) is 42.5 Å². The fourth-order valence-corrected chi connectivity index (χ4v) is 3.26. The van der Waals surface area contributed by atoms with E-state index in [0.29, 0.717) is 12.1 Å². The normalized spacial score (nSPS) is 21.6. The number of rotatable bonds is 3. The van der Waals surface area contributed by atoms with Gasteiger partial charge in [-0.05, 0) is 55.6 Å². The van der Waals surface area contributed by atoms with Gasteiger partial charge in [-0.3, -0.25) is 0 Å². The Hall–Kier alpha value is -1.38. The van der Waals surface area contributed by atoms with E-state index >= 15 is 0 Å². The van der Waals surface area contributed by atoms with Crippen molar-refractivity contribution in [1.82, 2.24) is 10.6 Å². The molecule has 0 radical (unpaired) electrons. The predicted octanol–water partition coefficient (Wildman–Crippen LogP) is 3.63. The Balaban J connectivity index is 1.79. The first-order valence-electron chi connectivity index (χ1n) is 7.79. The molecule has 1 saturated heterocycles. The monoisotopic (exact) mass is 268 g/mol. The van der Waals surface area contributed by atoms with E-state index in [1.807, 2.05) is 0 Å². The first kappa shape index (κ1) is 13.6. The second kappa shape index (κ2) is 6.38. The van der Waals surface area contributed by atoms with Crippen LogP contribution in [-0.2, 0) is 0 Å². The second-order valence-corrected chi connectivity index (χ2v) is 5.83. The van der Waals surface area contributed by atoms with E-state index in [9.17, 15) is 0 Å². The van der Waals surface area contributed by atoms with Crippen LogP contribution in [0.5, 0.6) is 0 Å². The summed E-state index contributed by atoms with van der Waals surface area (Å²) in [6.45, 7) is 4.60. The van der Waals surface area contributed by atoms with Crippen molar-refractivity contribution in [2.75, 3.05) is 13.1 Å². The van der Waals surface area contributed by atoms with Crippen molar-refractivity contribution in [2.45, 2.75) is 38.3 Å². The van der Waals surface area contributed by atoms with Gasteiger partial charge in [0, 0.05) is 12.1 Å². The van der Waals surface area contributed by atoms with Gasteiger partial charge in [0.15, 0.2) is 0 Å². The topological polar surface area (TPSA) is 24.1 Å². The zero-order valence-corrected chi connectivity index (χ0v) is 12.2. The van der Waals surface area contributed by atoms with E-state index in [-0.39, 0.29) is 0 Å². The number of hydrogen-bond donors (Lipinski definition) is 2. The van der Waals surface area contributed by atoms with E-state index in [1.54, 1.807) is 0 Å². The molecular weight excluding hydrogens is 244 g/mol. The molecule has 2 unspecified atom stereocenters. The molecule has 0 saturated carbocycles. The highest BCUT2D eigenvalue weighted by Gasteiger charge is 2.16. The third kappa shape index (κ3) is 3.02. The zero-order chi connectivity index (χ0) is 13.8. The van der Waals surface area contributed by atoms with Gasteiger partial charge < -0.3 is 10.6 Å². The maximum atomic E-state index is 3.83. The molecule has 0 aromatic heterocycles. The summed E-state index contributed by atoms with van der Waals surface area (Å²) in [4.78, 5) is 0. The Bertz CT molecular complexity index is 551. The van der Waals surface area contributed by atoms with E-state index < -0.39 is 0 Å². The molecule has 2 heteroatoms. The van der Waals surface area contributed by atoms with Gasteiger partial charge in [-0.15, -0.1) is 0 Å². The average molecular weight is 268 g/mol. The average Bonchev–Trinajstić information content (AvgIpc) is 2.75. The molecule has 0 spiro atoms. The Morgan fingerprint density at radius 3 is 2.85 bits per heavy atom. The maximum absolute atomic E-state index is 3.83. The van der Waals surface area contributed by atoms with Crippen LogP contribution >= 0.6 is 0 Å². The summed E-state index contributed by atoms with van der Waals surface area (Å²) in [6, 6.07) is 16.3. The minimum Gasteiger partial charge on any atom is -0.317 e. The molecule has 106 valence electrons. The summed E-state index contributed by atoms with van der Waals surface area (Å²) in [5.74, 6) is 0. The van der Waals surface area contributed by atoms with Crippen LogP contribution in [0.25, 0.3) is 10.8 Å². The highest BCUT2D eigenvalue weighted by Crippen LogP contribution is 2.25. The zero-order valence-electron chi connectivity index (χ0n) is 12.2. The van der Waals surface area contributed by atoms with Gasteiger partial charge in [-0.25, -0.2) is 0 Å². The Labute approximate surface area is 121 Å². The third-order valence-electron chi connectivity index (χ3n) is 4.35. The van der Waals surface area contributed by atoms with Crippen molar-refractivity contribution in [1.29, 1.82) is 0 Å². The van der Waals surface area contributed by atoms with Gasteiger partial charge in [0.25, 0.3) is 0 Å². The molecule has 1 fully saturated rings. The number of hydrogen-bond acceptors (Lipinski definition) is 2. The van der Waals surface area contributed by atoms with Crippen molar-refractivity contribution < 1.29 is 0 Å². The molecule has 1 aliphatic rings. The molecule has 1 aliphatic heterocycles. The molecule has 0 bridgehead atoms. The Morgan fingerprint density at radius 1 is 1.05 bits per heavy atom. The lowest BCUT2D eigenvalue weighted by atomic mass is 9.98. The standard InChI is InChI=1S/C18H24N2/c1-14(20-16-8-5-12-19-13-11-16)17-10-4-7-15-6-2-3-9-18(15)17/h2-4,6-7,9-10,14,16,19-20H,5,8,11-13H2,1H3. The smallest absolute Gasteiger partial charge is 0.0300 e. The van der Waals surface area contributed by atoms with Gasteiger partial charge >= 0.3 is 0 Å². The minimum absolute atomic E-state index is 0.407. The molecule has 0 amide bonds. The summed E-state index contributed by atoms with van der Waals surface area (Å²) < 4.78 is 0. The quantitative estimate of drug-likeness (QED) is 0.888. The van der Waals surface area contributed by atoms with Crippen LogP contribution in [0.4, 0.5) is 0 Å². The maximum Gasteiger partial charge on any atom is 0.0300 e. The van der Waals surface area contributed by atoms with Crippen LogP contribution in [0.2, 0.25) is 0 Å². The molecular formula is C18H24N2. The van der Waals surface area contributed by atoms with Gasteiger partial charge in [-0.2, -0.15) is 0 Å². The summed E-state index contributed by atoms with van der Waals surface area (Å²) in [7, 11) is 0. The first-order chi connectivity index (χ1) is 9.84. The first-order valence-corrected chi connectivity index (χ1v) is 7.79. The summed E-state index contributed by atoms with van der Waals surface area (Å²) in [6.07, 6.45) is 3.79. The summed E-state index contributed by atoms with van der Waals surface area (Å²) in [5, 5.41) is 10.0. The lowest BCUT2D eigenvalue weighted by Gasteiger charge is -2.23. The molecule has 2 nitrogen and oxygen atoms in total. The SMILES string of the molecule is CC(NC1CCCNCC1)c1cccc2ccccc12. The van der Waals surface area contributed by atoms with E-state index in [4.69, 9.17) is 0 Å². The van der Waals surface area contributed by atoms with Crippen molar-refractivity contribution in [3.63, 3.8) is 0 Å². The van der Waals surface area contributed by atoms with Crippen LogP contribution < -0.4 is 10.6 Å². The molecule has 2 atom stereocenters.